The van der Waals surface area contributed by atoms with Crippen LogP contribution in [0.2, 0.25) is 0 Å². The predicted molar refractivity (Wildman–Crippen MR) is 136 cm³/mol. The molecule has 212 valence electrons. The lowest BCUT2D eigenvalue weighted by Crippen LogP contribution is -2.47. The molecule has 3 atom stereocenters. The number of ether oxygens (including phenoxy) is 1. The van der Waals surface area contributed by atoms with Gasteiger partial charge in [-0.25, -0.2) is 4.79 Å². The van der Waals surface area contributed by atoms with Gasteiger partial charge in [-0.05, 0) is 48.9 Å². The fourth-order valence-corrected chi connectivity index (χ4v) is 4.72. The largest absolute Gasteiger partial charge is 0.465 e. The summed E-state index contributed by atoms with van der Waals surface area (Å²) >= 11 is 0. The van der Waals surface area contributed by atoms with Crippen LogP contribution in [-0.2, 0) is 21.9 Å². The number of likely N-dealkylation sites (N-methyl/N-ethyl adjacent to an activating group) is 1. The summed E-state index contributed by atoms with van der Waals surface area (Å²) in [7, 11) is 2.87. The molecule has 40 heavy (non-hydrogen) atoms. The SMILES string of the molecule is COC(=O)c1ccc(C(C)NC(=O)C2C(Nc3cc(C(F)(F)F)cc(C(F)(F)F)c3)c3ccccc3N2C)cc1. The molecule has 0 radical (unpaired) electrons. The van der Waals surface area contributed by atoms with Gasteiger partial charge in [0.25, 0.3) is 0 Å². The molecular weight excluding hydrogens is 540 g/mol. The van der Waals surface area contributed by atoms with Gasteiger partial charge in [0.1, 0.15) is 6.04 Å². The summed E-state index contributed by atoms with van der Waals surface area (Å²) in [5, 5.41) is 5.63. The van der Waals surface area contributed by atoms with E-state index in [-0.39, 0.29) is 6.07 Å². The number of para-hydroxylation sites is 1. The number of alkyl halides is 6. The molecule has 1 aliphatic rings. The smallest absolute Gasteiger partial charge is 0.416 e. The zero-order chi connectivity index (χ0) is 29.4. The van der Waals surface area contributed by atoms with Crippen LogP contribution in [0.5, 0.6) is 0 Å². The van der Waals surface area contributed by atoms with Gasteiger partial charge >= 0.3 is 18.3 Å². The highest BCUT2D eigenvalue weighted by molar-refractivity contribution is 5.91. The quantitative estimate of drug-likeness (QED) is 0.269. The second-order valence-electron chi connectivity index (χ2n) is 9.37. The number of nitrogens with one attached hydrogen (secondary N) is 2. The number of amides is 1. The maximum atomic E-state index is 13.6. The Morgan fingerprint density at radius 2 is 1.48 bits per heavy atom. The molecule has 0 aromatic heterocycles. The zero-order valence-electron chi connectivity index (χ0n) is 21.5. The third kappa shape index (κ3) is 5.85. The van der Waals surface area contributed by atoms with E-state index in [1.54, 1.807) is 55.3 Å². The van der Waals surface area contributed by atoms with Gasteiger partial charge in [0.15, 0.2) is 0 Å². The molecule has 0 saturated carbocycles. The Labute approximate surface area is 225 Å². The van der Waals surface area contributed by atoms with Crippen molar-refractivity contribution in [3.63, 3.8) is 0 Å². The van der Waals surface area contributed by atoms with Crippen LogP contribution in [0.3, 0.4) is 0 Å². The number of esters is 1. The topological polar surface area (TPSA) is 70.7 Å². The first-order valence-corrected chi connectivity index (χ1v) is 12.1. The third-order valence-electron chi connectivity index (χ3n) is 6.75. The minimum absolute atomic E-state index is 0.0528. The van der Waals surface area contributed by atoms with Crippen molar-refractivity contribution >= 4 is 23.3 Å². The Morgan fingerprint density at radius 3 is 2.02 bits per heavy atom. The molecule has 1 heterocycles. The number of benzene rings is 3. The minimum atomic E-state index is -5.02. The van der Waals surface area contributed by atoms with E-state index in [0.29, 0.717) is 34.5 Å². The average molecular weight is 566 g/mol. The Hall–Kier alpha value is -4.22. The monoisotopic (exact) mass is 565 g/mol. The number of fused-ring (bicyclic) bond motifs is 1. The number of methoxy groups -OCH3 is 1. The lowest BCUT2D eigenvalue weighted by atomic mass is 10.00. The Bertz CT molecular complexity index is 1370. The molecule has 0 saturated heterocycles. The number of halogens is 6. The fourth-order valence-electron chi connectivity index (χ4n) is 4.72. The van der Waals surface area contributed by atoms with Gasteiger partial charge in [0.2, 0.25) is 5.91 Å². The molecule has 3 aromatic rings. The van der Waals surface area contributed by atoms with E-state index in [4.69, 9.17) is 0 Å². The van der Waals surface area contributed by atoms with Crippen molar-refractivity contribution in [2.75, 3.05) is 24.4 Å². The number of hydrogen-bond acceptors (Lipinski definition) is 5. The van der Waals surface area contributed by atoms with Crippen molar-refractivity contribution < 1.29 is 40.7 Å². The number of nitrogens with zero attached hydrogens (tertiary/aromatic N) is 1. The molecule has 0 fully saturated rings. The lowest BCUT2D eigenvalue weighted by Gasteiger charge is -2.29. The number of anilines is 2. The Kier molecular flexibility index (Phi) is 7.73. The van der Waals surface area contributed by atoms with Gasteiger partial charge in [-0.2, -0.15) is 26.3 Å². The van der Waals surface area contributed by atoms with Gasteiger partial charge in [-0.1, -0.05) is 30.3 Å². The maximum Gasteiger partial charge on any atom is 0.416 e. The van der Waals surface area contributed by atoms with Crippen molar-refractivity contribution in [1.82, 2.24) is 5.32 Å². The van der Waals surface area contributed by atoms with Gasteiger partial charge in [-0.3, -0.25) is 4.79 Å². The van der Waals surface area contributed by atoms with Crippen LogP contribution < -0.4 is 15.5 Å². The van der Waals surface area contributed by atoms with E-state index in [1.165, 1.54) is 19.2 Å². The highest BCUT2D eigenvalue weighted by atomic mass is 19.4. The van der Waals surface area contributed by atoms with Crippen molar-refractivity contribution in [3.8, 4) is 0 Å². The molecule has 0 aliphatic carbocycles. The highest BCUT2D eigenvalue weighted by Gasteiger charge is 2.43. The molecule has 2 N–H and O–H groups in total. The summed E-state index contributed by atoms with van der Waals surface area (Å²) in [6.07, 6.45) is -10.0. The first-order chi connectivity index (χ1) is 18.7. The molecule has 1 amide bonds. The second kappa shape index (κ2) is 10.7. The fraction of sp³-hybridized carbons (Fsp3) is 0.286. The Morgan fingerprint density at radius 1 is 0.900 bits per heavy atom. The van der Waals surface area contributed by atoms with Crippen LogP contribution in [-0.4, -0.2) is 32.1 Å². The van der Waals surface area contributed by atoms with E-state index in [1.807, 2.05) is 0 Å². The summed E-state index contributed by atoms with van der Waals surface area (Å²) in [6, 6.07) is 11.8. The summed E-state index contributed by atoms with van der Waals surface area (Å²) in [6.45, 7) is 1.71. The predicted octanol–water partition coefficient (Wildman–Crippen LogP) is 6.36. The number of hydrogen-bond donors (Lipinski definition) is 2. The summed E-state index contributed by atoms with van der Waals surface area (Å²) in [5.41, 5.74) is -1.24. The van der Waals surface area contributed by atoms with Gasteiger partial charge in [-0.15, -0.1) is 0 Å². The van der Waals surface area contributed by atoms with E-state index in [2.05, 4.69) is 15.4 Å². The number of carbonyl (C=O) groups is 2. The maximum absolute atomic E-state index is 13.6. The molecule has 4 rings (SSSR count). The molecule has 0 spiro atoms. The van der Waals surface area contributed by atoms with E-state index in [0.717, 1.165) is 0 Å². The summed E-state index contributed by atoms with van der Waals surface area (Å²) < 4.78 is 85.4. The van der Waals surface area contributed by atoms with Crippen molar-refractivity contribution in [1.29, 1.82) is 0 Å². The zero-order valence-corrected chi connectivity index (χ0v) is 21.5. The number of rotatable bonds is 6. The van der Waals surface area contributed by atoms with Crippen LogP contribution in [0.1, 0.15) is 51.6 Å². The lowest BCUT2D eigenvalue weighted by molar-refractivity contribution is -0.143. The van der Waals surface area contributed by atoms with Crippen LogP contribution >= 0.6 is 0 Å². The van der Waals surface area contributed by atoms with Gasteiger partial charge in [0.05, 0.1) is 35.9 Å². The first-order valence-electron chi connectivity index (χ1n) is 12.1. The van der Waals surface area contributed by atoms with Crippen LogP contribution in [0.25, 0.3) is 0 Å². The minimum Gasteiger partial charge on any atom is -0.465 e. The molecule has 6 nitrogen and oxygen atoms in total. The van der Waals surface area contributed by atoms with E-state index < -0.39 is 59.2 Å². The normalized spacial score (nSPS) is 17.7. The Balaban J connectivity index is 1.65. The summed E-state index contributed by atoms with van der Waals surface area (Å²) in [4.78, 5) is 26.9. The second-order valence-corrected chi connectivity index (χ2v) is 9.37. The van der Waals surface area contributed by atoms with Gasteiger partial charge < -0.3 is 20.3 Å². The molecule has 1 aliphatic heterocycles. The molecule has 0 bridgehead atoms. The van der Waals surface area contributed by atoms with E-state index >= 15 is 0 Å². The van der Waals surface area contributed by atoms with Crippen molar-refractivity contribution in [3.05, 3.63) is 94.5 Å². The molecule has 3 unspecified atom stereocenters. The average Bonchev–Trinajstić information content (AvgIpc) is 3.18. The van der Waals surface area contributed by atoms with E-state index in [9.17, 15) is 35.9 Å². The first kappa shape index (κ1) is 28.8. The molecular formula is C28H25F6N3O3. The molecule has 12 heteroatoms. The van der Waals surface area contributed by atoms with Gasteiger partial charge in [0, 0.05) is 24.0 Å². The summed E-state index contributed by atoms with van der Waals surface area (Å²) in [5.74, 6) is -1.03. The van der Waals surface area contributed by atoms with Crippen molar-refractivity contribution in [2.24, 2.45) is 0 Å². The molecule has 3 aromatic carbocycles. The van der Waals surface area contributed by atoms with Crippen LogP contribution in [0.4, 0.5) is 37.7 Å². The highest BCUT2D eigenvalue weighted by Crippen LogP contribution is 2.43. The third-order valence-corrected chi connectivity index (χ3v) is 6.75. The number of carbonyl (C=O) groups excluding carboxylic acids is 2. The van der Waals surface area contributed by atoms with Crippen molar-refractivity contribution in [2.45, 2.75) is 37.4 Å². The van der Waals surface area contributed by atoms with Crippen LogP contribution in [0, 0.1) is 0 Å². The standard InChI is InChI=1S/C28H25F6N3O3/c1-15(16-8-10-17(11-9-16)26(39)40-3)35-25(38)24-23(21-6-4-5-7-22(21)37(24)2)36-20-13-18(27(29,30)31)12-19(14-20)28(32,33)34/h4-15,23-24,36H,1-3H3,(H,35,38). The van der Waals surface area contributed by atoms with Crippen LogP contribution in [0.15, 0.2) is 66.7 Å².